The summed E-state index contributed by atoms with van der Waals surface area (Å²) in [7, 11) is 0.840. The van der Waals surface area contributed by atoms with Gasteiger partial charge in [-0.15, -0.1) is 0 Å². The molecule has 4 aromatic rings. The van der Waals surface area contributed by atoms with Crippen LogP contribution in [-0.4, -0.2) is 65.3 Å². The molecule has 0 unspecified atom stereocenters. The van der Waals surface area contributed by atoms with Gasteiger partial charge in [0, 0.05) is 63.7 Å². The van der Waals surface area contributed by atoms with Gasteiger partial charge < -0.3 is 18.9 Å². The molecule has 0 amide bonds. The summed E-state index contributed by atoms with van der Waals surface area (Å²) in [6.07, 6.45) is 5.74. The van der Waals surface area contributed by atoms with Gasteiger partial charge in [-0.2, -0.15) is 5.10 Å². The van der Waals surface area contributed by atoms with Crippen molar-refractivity contribution in [3.63, 3.8) is 0 Å². The molecule has 184 valence electrons. The van der Waals surface area contributed by atoms with Crippen LogP contribution >= 0.6 is 0 Å². The number of fused-ring (bicyclic) bond motifs is 1. The lowest BCUT2D eigenvalue weighted by Crippen LogP contribution is -2.36. The number of benzene rings is 1. The van der Waals surface area contributed by atoms with Gasteiger partial charge in [0.15, 0.2) is 0 Å². The largest absolute Gasteiger partial charge is 0.378 e. The Hall–Kier alpha value is -3.01. The summed E-state index contributed by atoms with van der Waals surface area (Å²) in [4.78, 5) is 11.4. The molecular formula is C26H34N6O2Si. The Balaban J connectivity index is 1.52. The molecule has 0 N–H and O–H groups in total. The predicted molar refractivity (Wildman–Crippen MR) is 142 cm³/mol. The number of anilines is 1. The van der Waals surface area contributed by atoms with Gasteiger partial charge in [0.2, 0.25) is 0 Å². The lowest BCUT2D eigenvalue weighted by atomic mass is 10.0. The van der Waals surface area contributed by atoms with E-state index in [4.69, 9.17) is 14.6 Å². The number of nitrogens with zero attached hydrogens (tertiary/aromatic N) is 6. The summed E-state index contributed by atoms with van der Waals surface area (Å²) >= 11 is 0. The van der Waals surface area contributed by atoms with E-state index in [-0.39, 0.29) is 0 Å². The zero-order valence-electron chi connectivity index (χ0n) is 21.1. The molecule has 8 nitrogen and oxygen atoms in total. The fraction of sp³-hybridized carbons (Fsp3) is 0.423. The first-order chi connectivity index (χ1) is 16.9. The van der Waals surface area contributed by atoms with Gasteiger partial charge in [0.25, 0.3) is 0 Å². The molecule has 1 saturated heterocycles. The molecule has 4 heterocycles. The van der Waals surface area contributed by atoms with E-state index in [1.165, 1.54) is 0 Å². The van der Waals surface area contributed by atoms with Crippen molar-refractivity contribution in [1.82, 2.24) is 24.3 Å². The molecule has 1 aliphatic heterocycles. The molecule has 1 aliphatic rings. The van der Waals surface area contributed by atoms with Crippen molar-refractivity contribution < 1.29 is 9.47 Å². The third kappa shape index (κ3) is 5.47. The summed E-state index contributed by atoms with van der Waals surface area (Å²) in [6, 6.07) is 11.7. The first-order valence-electron chi connectivity index (χ1n) is 12.2. The van der Waals surface area contributed by atoms with E-state index in [1.807, 2.05) is 41.1 Å². The zero-order chi connectivity index (χ0) is 24.4. The summed E-state index contributed by atoms with van der Waals surface area (Å²) in [6.45, 7) is 11.4. The summed E-state index contributed by atoms with van der Waals surface area (Å²) in [5, 5.41) is 6.11. The number of aryl methyl sites for hydroxylation is 1. The lowest BCUT2D eigenvalue weighted by molar-refractivity contribution is 0.0818. The summed E-state index contributed by atoms with van der Waals surface area (Å²) in [5.41, 5.74) is 5.05. The van der Waals surface area contributed by atoms with E-state index >= 15 is 0 Å². The maximum atomic E-state index is 6.08. The van der Waals surface area contributed by atoms with Crippen LogP contribution in [-0.2, 0) is 23.3 Å². The van der Waals surface area contributed by atoms with Crippen molar-refractivity contribution in [2.24, 2.45) is 7.05 Å². The molecule has 1 fully saturated rings. The van der Waals surface area contributed by atoms with E-state index in [1.54, 1.807) is 0 Å². The van der Waals surface area contributed by atoms with E-state index in [2.05, 4.69) is 58.8 Å². The van der Waals surface area contributed by atoms with Gasteiger partial charge in [-0.1, -0.05) is 25.7 Å². The van der Waals surface area contributed by atoms with Gasteiger partial charge in [-0.3, -0.25) is 0 Å². The fourth-order valence-corrected chi connectivity index (χ4v) is 5.03. The number of ether oxygens (including phenoxy) is 2. The molecule has 1 aromatic carbocycles. The Kier molecular flexibility index (Phi) is 6.72. The smallest absolute Gasteiger partial charge is 0.140 e. The fourth-order valence-electron chi connectivity index (χ4n) is 4.27. The maximum absolute atomic E-state index is 6.08. The van der Waals surface area contributed by atoms with Crippen LogP contribution in [0.15, 0.2) is 49.1 Å². The van der Waals surface area contributed by atoms with Crippen molar-refractivity contribution in [3.8, 4) is 22.5 Å². The van der Waals surface area contributed by atoms with Crippen LogP contribution in [0.25, 0.3) is 33.4 Å². The Morgan fingerprint density at radius 2 is 1.86 bits per heavy atom. The van der Waals surface area contributed by atoms with Crippen LogP contribution in [0, 0.1) is 0 Å². The van der Waals surface area contributed by atoms with E-state index in [0.717, 1.165) is 78.2 Å². The number of aromatic nitrogens is 5. The highest BCUT2D eigenvalue weighted by Gasteiger charge is 2.18. The molecule has 9 heteroatoms. The Bertz CT molecular complexity index is 1300. The molecule has 0 spiro atoms. The third-order valence-electron chi connectivity index (χ3n) is 6.32. The van der Waals surface area contributed by atoms with Crippen molar-refractivity contribution >= 4 is 24.8 Å². The second-order valence-electron chi connectivity index (χ2n) is 10.4. The minimum atomic E-state index is -1.15. The topological polar surface area (TPSA) is 70.2 Å². The van der Waals surface area contributed by atoms with Crippen LogP contribution in [0.5, 0.6) is 0 Å². The molecule has 0 saturated carbocycles. The molecule has 0 aliphatic carbocycles. The van der Waals surface area contributed by atoms with Crippen LogP contribution in [0.1, 0.15) is 0 Å². The number of pyridine rings is 1. The molecule has 5 rings (SSSR count). The third-order valence-corrected chi connectivity index (χ3v) is 8.02. The first kappa shape index (κ1) is 23.7. The minimum Gasteiger partial charge on any atom is -0.378 e. The molecule has 0 atom stereocenters. The molecule has 35 heavy (non-hydrogen) atoms. The van der Waals surface area contributed by atoms with Crippen molar-refractivity contribution in [3.05, 3.63) is 49.1 Å². The van der Waals surface area contributed by atoms with E-state index in [0.29, 0.717) is 6.73 Å². The number of imidazole rings is 1. The number of hydrogen-bond donors (Lipinski definition) is 0. The normalized spacial score (nSPS) is 14.7. The van der Waals surface area contributed by atoms with Gasteiger partial charge in [0.1, 0.15) is 18.2 Å². The zero-order valence-corrected chi connectivity index (χ0v) is 22.1. The predicted octanol–water partition coefficient (Wildman–Crippen LogP) is 4.65. The average molecular weight is 491 g/mol. The molecule has 3 aromatic heterocycles. The second-order valence-corrected chi connectivity index (χ2v) is 16.0. The quantitative estimate of drug-likeness (QED) is 0.265. The number of hydrogen-bond acceptors (Lipinski definition) is 6. The van der Waals surface area contributed by atoms with Crippen LogP contribution in [0.2, 0.25) is 25.7 Å². The van der Waals surface area contributed by atoms with Crippen LogP contribution in [0.4, 0.5) is 5.82 Å². The van der Waals surface area contributed by atoms with Crippen LogP contribution < -0.4 is 4.90 Å². The van der Waals surface area contributed by atoms with Gasteiger partial charge in [-0.05, 0) is 30.3 Å². The minimum absolute atomic E-state index is 0.436. The lowest BCUT2D eigenvalue weighted by Gasteiger charge is -2.27. The monoisotopic (exact) mass is 490 g/mol. The second kappa shape index (κ2) is 9.92. The van der Waals surface area contributed by atoms with Gasteiger partial charge >= 0.3 is 0 Å². The molecular weight excluding hydrogens is 456 g/mol. The SMILES string of the molecule is Cn1cnc(-c2ccc3c(c2)c(-c2ccnc(N4CCOCC4)c2)nn3COCC[Si](C)(C)C)c1. The standard InChI is InChI=1S/C26H34N6O2Si/c1-30-17-23(28-18-30)20-5-6-24-22(15-20)26(29-32(24)19-34-13-14-35(2,3)4)21-7-8-27-25(16-21)31-9-11-33-12-10-31/h5-8,15-18H,9-14,19H2,1-4H3. The van der Waals surface area contributed by atoms with E-state index in [9.17, 15) is 0 Å². The Labute approximate surface area is 207 Å². The number of rotatable bonds is 8. The van der Waals surface area contributed by atoms with Crippen molar-refractivity contribution in [2.75, 3.05) is 37.8 Å². The summed E-state index contributed by atoms with van der Waals surface area (Å²) < 4.78 is 15.5. The highest BCUT2D eigenvalue weighted by Crippen LogP contribution is 2.33. The van der Waals surface area contributed by atoms with Crippen LogP contribution in [0.3, 0.4) is 0 Å². The maximum Gasteiger partial charge on any atom is 0.140 e. The van der Waals surface area contributed by atoms with E-state index < -0.39 is 8.07 Å². The highest BCUT2D eigenvalue weighted by atomic mass is 28.3. The Morgan fingerprint density at radius 1 is 1.03 bits per heavy atom. The van der Waals surface area contributed by atoms with Crippen molar-refractivity contribution in [2.45, 2.75) is 32.4 Å². The van der Waals surface area contributed by atoms with Gasteiger partial charge in [-0.25, -0.2) is 14.6 Å². The van der Waals surface area contributed by atoms with Gasteiger partial charge in [0.05, 0.1) is 30.8 Å². The number of morpholine rings is 1. The molecule has 0 bridgehead atoms. The summed E-state index contributed by atoms with van der Waals surface area (Å²) in [5.74, 6) is 0.959. The molecule has 0 radical (unpaired) electrons. The first-order valence-corrected chi connectivity index (χ1v) is 15.9. The highest BCUT2D eigenvalue weighted by molar-refractivity contribution is 6.76. The van der Waals surface area contributed by atoms with Crippen molar-refractivity contribution in [1.29, 1.82) is 0 Å². The average Bonchev–Trinajstić information content (AvgIpc) is 3.45. The Morgan fingerprint density at radius 3 is 2.60 bits per heavy atom.